The summed E-state index contributed by atoms with van der Waals surface area (Å²) >= 11 is 0. The van der Waals surface area contributed by atoms with Crippen LogP contribution in [0.3, 0.4) is 0 Å². The molecule has 0 aliphatic carbocycles. The van der Waals surface area contributed by atoms with Gasteiger partial charge >= 0.3 is 0 Å². The zero-order chi connectivity index (χ0) is 14.9. The molecule has 1 aromatic heterocycles. The minimum absolute atomic E-state index is 0.266. The van der Waals surface area contributed by atoms with Crippen LogP contribution in [0, 0.1) is 0 Å². The Kier molecular flexibility index (Phi) is 3.65. The second kappa shape index (κ2) is 5.46. The first kappa shape index (κ1) is 14.0. The van der Waals surface area contributed by atoms with Gasteiger partial charge in [0.25, 0.3) is 0 Å². The van der Waals surface area contributed by atoms with Gasteiger partial charge in [-0.3, -0.25) is 4.98 Å². The van der Waals surface area contributed by atoms with E-state index in [9.17, 15) is 8.42 Å². The van der Waals surface area contributed by atoms with Gasteiger partial charge in [0.15, 0.2) is 0 Å². The Morgan fingerprint density at radius 2 is 2.19 bits per heavy atom. The first-order valence-corrected chi connectivity index (χ1v) is 8.22. The molecule has 0 radical (unpaired) electrons. The molecule has 1 N–H and O–H groups in total. The van der Waals surface area contributed by atoms with Crippen molar-refractivity contribution in [3.05, 3.63) is 53.9 Å². The molecule has 0 saturated heterocycles. The van der Waals surface area contributed by atoms with Crippen LogP contribution in [0.2, 0.25) is 0 Å². The van der Waals surface area contributed by atoms with Crippen molar-refractivity contribution >= 4 is 10.0 Å². The maximum atomic E-state index is 12.4. The topological polar surface area (TPSA) is 68.3 Å². The molecule has 5 nitrogen and oxygen atoms in total. The lowest BCUT2D eigenvalue weighted by Gasteiger charge is -2.14. The molecule has 2 heterocycles. The Morgan fingerprint density at radius 3 is 2.95 bits per heavy atom. The van der Waals surface area contributed by atoms with E-state index in [1.165, 1.54) is 0 Å². The first-order chi connectivity index (χ1) is 10.1. The average Bonchev–Trinajstić information content (AvgIpc) is 2.95. The number of ether oxygens (including phenoxy) is 1. The maximum absolute atomic E-state index is 12.4. The first-order valence-electron chi connectivity index (χ1n) is 6.74. The van der Waals surface area contributed by atoms with Crippen molar-refractivity contribution in [3.63, 3.8) is 0 Å². The number of pyridine rings is 1. The van der Waals surface area contributed by atoms with Gasteiger partial charge in [0, 0.05) is 24.9 Å². The number of benzene rings is 1. The highest BCUT2D eigenvalue weighted by Gasteiger charge is 2.21. The van der Waals surface area contributed by atoms with Crippen LogP contribution in [0.1, 0.15) is 24.1 Å². The molecule has 1 aliphatic heterocycles. The van der Waals surface area contributed by atoms with E-state index in [1.807, 2.05) is 6.07 Å². The minimum atomic E-state index is -3.56. The van der Waals surface area contributed by atoms with Crippen LogP contribution >= 0.6 is 0 Å². The molecule has 0 fully saturated rings. The van der Waals surface area contributed by atoms with Gasteiger partial charge in [0.1, 0.15) is 5.75 Å². The molecule has 21 heavy (non-hydrogen) atoms. The number of fused-ring (bicyclic) bond motifs is 1. The zero-order valence-corrected chi connectivity index (χ0v) is 12.4. The van der Waals surface area contributed by atoms with Gasteiger partial charge in [0.2, 0.25) is 10.0 Å². The van der Waals surface area contributed by atoms with Crippen molar-refractivity contribution in [2.75, 3.05) is 6.61 Å². The van der Waals surface area contributed by atoms with Crippen molar-refractivity contribution in [2.24, 2.45) is 0 Å². The van der Waals surface area contributed by atoms with E-state index in [-0.39, 0.29) is 10.9 Å². The molecule has 6 heteroatoms. The molecule has 0 saturated carbocycles. The minimum Gasteiger partial charge on any atom is -0.493 e. The molecular formula is C15H16N2O3S. The van der Waals surface area contributed by atoms with Crippen LogP contribution in [0.25, 0.3) is 0 Å². The van der Waals surface area contributed by atoms with Gasteiger partial charge in [-0.05, 0) is 42.3 Å². The number of hydrogen-bond donors (Lipinski definition) is 1. The van der Waals surface area contributed by atoms with Crippen LogP contribution in [0.4, 0.5) is 0 Å². The summed E-state index contributed by atoms with van der Waals surface area (Å²) in [5.41, 5.74) is 1.76. The molecule has 1 aliphatic rings. The lowest BCUT2D eigenvalue weighted by molar-refractivity contribution is 0.356. The van der Waals surface area contributed by atoms with E-state index in [0.717, 1.165) is 23.3 Å². The summed E-state index contributed by atoms with van der Waals surface area (Å²) in [6, 6.07) is 8.26. The van der Waals surface area contributed by atoms with Crippen LogP contribution in [-0.2, 0) is 16.4 Å². The maximum Gasteiger partial charge on any atom is 0.241 e. The fraction of sp³-hybridized carbons (Fsp3) is 0.267. The third kappa shape index (κ3) is 2.91. The van der Waals surface area contributed by atoms with Crippen LogP contribution < -0.4 is 9.46 Å². The van der Waals surface area contributed by atoms with Crippen molar-refractivity contribution < 1.29 is 13.2 Å². The summed E-state index contributed by atoms with van der Waals surface area (Å²) in [7, 11) is -3.56. The van der Waals surface area contributed by atoms with Crippen LogP contribution in [-0.4, -0.2) is 20.0 Å². The number of sulfonamides is 1. The van der Waals surface area contributed by atoms with Crippen molar-refractivity contribution in [3.8, 4) is 5.75 Å². The molecule has 110 valence electrons. The molecule has 1 aromatic carbocycles. The third-order valence-corrected chi connectivity index (χ3v) is 5.03. The van der Waals surface area contributed by atoms with Gasteiger partial charge in [-0.1, -0.05) is 6.07 Å². The molecule has 3 rings (SSSR count). The fourth-order valence-electron chi connectivity index (χ4n) is 2.33. The number of rotatable bonds is 4. The Balaban J connectivity index is 1.84. The summed E-state index contributed by atoms with van der Waals surface area (Å²) in [5.74, 6) is 0.772. The standard InChI is InChI=1S/C15H16N2O3S/c1-11(13-3-2-7-16-10-13)17-21(18,19)14-4-5-15-12(9-14)6-8-20-15/h2-5,7,9-11,17H,6,8H2,1H3/t11-/m0/s1. The average molecular weight is 304 g/mol. The smallest absolute Gasteiger partial charge is 0.241 e. The molecule has 1 atom stereocenters. The van der Waals surface area contributed by atoms with E-state index >= 15 is 0 Å². The largest absolute Gasteiger partial charge is 0.493 e. The monoisotopic (exact) mass is 304 g/mol. The highest BCUT2D eigenvalue weighted by Crippen LogP contribution is 2.28. The Bertz CT molecular complexity index is 745. The predicted octanol–water partition coefficient (Wildman–Crippen LogP) is 2.06. The molecule has 0 unspecified atom stereocenters. The van der Waals surface area contributed by atoms with Crippen molar-refractivity contribution in [2.45, 2.75) is 24.3 Å². The lowest BCUT2D eigenvalue weighted by Crippen LogP contribution is -2.27. The number of hydrogen-bond acceptors (Lipinski definition) is 4. The highest BCUT2D eigenvalue weighted by atomic mass is 32.2. The van der Waals surface area contributed by atoms with Gasteiger partial charge in [-0.15, -0.1) is 0 Å². The van der Waals surface area contributed by atoms with Gasteiger partial charge < -0.3 is 4.74 Å². The SMILES string of the molecule is C[C@H](NS(=O)(=O)c1ccc2c(c1)CCO2)c1cccnc1. The molecule has 0 amide bonds. The summed E-state index contributed by atoms with van der Waals surface area (Å²) in [4.78, 5) is 4.27. The van der Waals surface area contributed by atoms with E-state index in [0.29, 0.717) is 6.61 Å². The Morgan fingerprint density at radius 1 is 1.33 bits per heavy atom. The quantitative estimate of drug-likeness (QED) is 0.938. The van der Waals surface area contributed by atoms with E-state index < -0.39 is 10.0 Å². The third-order valence-electron chi connectivity index (χ3n) is 3.49. The molecular weight excluding hydrogens is 288 g/mol. The zero-order valence-electron chi connectivity index (χ0n) is 11.6. The summed E-state index contributed by atoms with van der Waals surface area (Å²) in [5, 5.41) is 0. The van der Waals surface area contributed by atoms with Crippen molar-refractivity contribution in [1.29, 1.82) is 0 Å². The van der Waals surface area contributed by atoms with Gasteiger partial charge in [0.05, 0.1) is 11.5 Å². The molecule has 0 bridgehead atoms. The lowest BCUT2D eigenvalue weighted by atomic mass is 10.2. The van der Waals surface area contributed by atoms with Gasteiger partial charge in [-0.2, -0.15) is 0 Å². The Hall–Kier alpha value is -1.92. The molecule has 2 aromatic rings. The number of nitrogens with one attached hydrogen (secondary N) is 1. The molecule has 0 spiro atoms. The number of nitrogens with zero attached hydrogens (tertiary/aromatic N) is 1. The highest BCUT2D eigenvalue weighted by molar-refractivity contribution is 7.89. The van der Waals surface area contributed by atoms with Crippen LogP contribution in [0.15, 0.2) is 47.6 Å². The van der Waals surface area contributed by atoms with Gasteiger partial charge in [-0.25, -0.2) is 13.1 Å². The van der Waals surface area contributed by atoms with E-state index in [2.05, 4.69) is 9.71 Å². The summed E-state index contributed by atoms with van der Waals surface area (Å²) in [6.45, 7) is 2.41. The number of aromatic nitrogens is 1. The van der Waals surface area contributed by atoms with Crippen LogP contribution in [0.5, 0.6) is 5.75 Å². The predicted molar refractivity (Wildman–Crippen MR) is 78.6 cm³/mol. The van der Waals surface area contributed by atoms with E-state index in [1.54, 1.807) is 43.6 Å². The summed E-state index contributed by atoms with van der Waals surface area (Å²) in [6.07, 6.45) is 4.06. The van der Waals surface area contributed by atoms with Crippen molar-refractivity contribution in [1.82, 2.24) is 9.71 Å². The second-order valence-corrected chi connectivity index (χ2v) is 6.71. The second-order valence-electron chi connectivity index (χ2n) is 5.00. The Labute approximate surface area is 124 Å². The normalized spacial score (nSPS) is 15.3. The van der Waals surface area contributed by atoms with E-state index in [4.69, 9.17) is 4.74 Å². The fourth-order valence-corrected chi connectivity index (χ4v) is 3.61. The summed E-state index contributed by atoms with van der Waals surface area (Å²) < 4.78 is 33.0.